The number of nitrogen functional groups attached to an aromatic ring is 1. The zero-order chi connectivity index (χ0) is 11.4. The topological polar surface area (TPSA) is 103 Å². The Balaban J connectivity index is 2.08. The lowest BCUT2D eigenvalue weighted by atomic mass is 10.3. The summed E-state index contributed by atoms with van der Waals surface area (Å²) in [7, 11) is 0. The first kappa shape index (κ1) is 9.98. The number of imidazole rings is 1. The number of rotatable bonds is 3. The highest BCUT2D eigenvalue weighted by atomic mass is 15.0. The summed E-state index contributed by atoms with van der Waals surface area (Å²) in [4.78, 5) is 11.1. The summed E-state index contributed by atoms with van der Waals surface area (Å²) in [6, 6.07) is 5.30. The second-order valence-corrected chi connectivity index (χ2v) is 3.14. The van der Waals surface area contributed by atoms with Gasteiger partial charge < -0.3 is 16.0 Å². The van der Waals surface area contributed by atoms with E-state index in [2.05, 4.69) is 20.3 Å². The molecule has 16 heavy (non-hydrogen) atoms. The zero-order valence-electron chi connectivity index (χ0n) is 8.44. The van der Waals surface area contributed by atoms with Gasteiger partial charge in [0.2, 0.25) is 0 Å². The first-order valence-electron chi connectivity index (χ1n) is 4.68. The molecule has 6 nitrogen and oxygen atoms in total. The van der Waals surface area contributed by atoms with Gasteiger partial charge >= 0.3 is 0 Å². The van der Waals surface area contributed by atoms with E-state index in [0.29, 0.717) is 18.1 Å². The minimum Gasteiger partial charge on any atom is -0.396 e. The van der Waals surface area contributed by atoms with Gasteiger partial charge in [-0.2, -0.15) is 5.26 Å². The molecule has 0 aliphatic heterocycles. The number of hydrogen-bond acceptors (Lipinski definition) is 5. The molecule has 4 N–H and O–H groups in total. The van der Waals surface area contributed by atoms with Crippen molar-refractivity contribution in [2.45, 2.75) is 6.54 Å². The van der Waals surface area contributed by atoms with E-state index >= 15 is 0 Å². The molecule has 0 saturated heterocycles. The van der Waals surface area contributed by atoms with Crippen LogP contribution in [0.15, 0.2) is 24.5 Å². The molecule has 0 aliphatic rings. The van der Waals surface area contributed by atoms with E-state index in [4.69, 9.17) is 11.0 Å². The standard InChI is InChI=1S/C10H10N6/c11-5-8-7(12)1-2-9(16-8)15-6-10-13-3-4-14-10/h1-4H,6,12H2,(H,13,14)(H,15,16). The van der Waals surface area contributed by atoms with Gasteiger partial charge in [0.05, 0.1) is 12.2 Å². The smallest absolute Gasteiger partial charge is 0.165 e. The highest BCUT2D eigenvalue weighted by molar-refractivity contribution is 5.54. The molecule has 6 heteroatoms. The van der Waals surface area contributed by atoms with Crippen molar-refractivity contribution in [3.8, 4) is 6.07 Å². The third kappa shape index (κ3) is 2.09. The summed E-state index contributed by atoms with van der Waals surface area (Å²) < 4.78 is 0. The van der Waals surface area contributed by atoms with E-state index in [1.807, 2.05) is 6.07 Å². The summed E-state index contributed by atoms with van der Waals surface area (Å²) in [5, 5.41) is 11.8. The van der Waals surface area contributed by atoms with E-state index in [1.165, 1.54) is 0 Å². The van der Waals surface area contributed by atoms with Crippen molar-refractivity contribution in [3.05, 3.63) is 36.0 Å². The van der Waals surface area contributed by atoms with Crippen molar-refractivity contribution in [3.63, 3.8) is 0 Å². The normalized spacial score (nSPS) is 9.69. The fourth-order valence-corrected chi connectivity index (χ4v) is 1.23. The van der Waals surface area contributed by atoms with Crippen LogP contribution in [0.1, 0.15) is 11.5 Å². The molecule has 80 valence electrons. The molecule has 0 spiro atoms. The van der Waals surface area contributed by atoms with Crippen molar-refractivity contribution in [1.82, 2.24) is 15.0 Å². The summed E-state index contributed by atoms with van der Waals surface area (Å²) in [5.74, 6) is 1.40. The fraction of sp³-hybridized carbons (Fsp3) is 0.100. The Morgan fingerprint density at radius 2 is 2.38 bits per heavy atom. The molecule has 2 aromatic heterocycles. The third-order valence-electron chi connectivity index (χ3n) is 2.02. The van der Waals surface area contributed by atoms with Crippen LogP contribution >= 0.6 is 0 Å². The molecular formula is C10H10N6. The van der Waals surface area contributed by atoms with E-state index in [9.17, 15) is 0 Å². The first-order chi connectivity index (χ1) is 7.79. The molecule has 2 aromatic rings. The van der Waals surface area contributed by atoms with E-state index in [-0.39, 0.29) is 5.69 Å². The zero-order valence-corrected chi connectivity index (χ0v) is 8.44. The van der Waals surface area contributed by atoms with Gasteiger partial charge in [0.25, 0.3) is 0 Å². The predicted molar refractivity (Wildman–Crippen MR) is 59.3 cm³/mol. The fourth-order valence-electron chi connectivity index (χ4n) is 1.23. The van der Waals surface area contributed by atoms with E-state index in [0.717, 1.165) is 5.82 Å². The molecule has 2 rings (SSSR count). The maximum absolute atomic E-state index is 8.76. The summed E-state index contributed by atoms with van der Waals surface area (Å²) >= 11 is 0. The highest BCUT2D eigenvalue weighted by Gasteiger charge is 2.02. The number of hydrogen-bond donors (Lipinski definition) is 3. The largest absolute Gasteiger partial charge is 0.396 e. The van der Waals surface area contributed by atoms with Crippen LogP contribution in [0.3, 0.4) is 0 Å². The Hall–Kier alpha value is -2.55. The summed E-state index contributed by atoms with van der Waals surface area (Å²) in [5.41, 5.74) is 6.17. The van der Waals surface area contributed by atoms with Crippen molar-refractivity contribution in [2.75, 3.05) is 11.1 Å². The van der Waals surface area contributed by atoms with Gasteiger partial charge in [0.15, 0.2) is 5.69 Å². The van der Waals surface area contributed by atoms with Crippen LogP contribution < -0.4 is 11.1 Å². The second kappa shape index (κ2) is 4.31. The minimum absolute atomic E-state index is 0.226. The number of nitriles is 1. The van der Waals surface area contributed by atoms with Gasteiger partial charge in [-0.3, -0.25) is 0 Å². The molecule has 0 fully saturated rings. The molecule has 0 atom stereocenters. The van der Waals surface area contributed by atoms with Crippen LogP contribution in [-0.4, -0.2) is 15.0 Å². The molecule has 0 aliphatic carbocycles. The Bertz CT molecular complexity index is 511. The molecule has 2 heterocycles. The number of pyridine rings is 1. The monoisotopic (exact) mass is 214 g/mol. The van der Waals surface area contributed by atoms with Gasteiger partial charge in [-0.25, -0.2) is 9.97 Å². The Kier molecular flexibility index (Phi) is 2.69. The van der Waals surface area contributed by atoms with Crippen LogP contribution in [0.4, 0.5) is 11.5 Å². The van der Waals surface area contributed by atoms with Crippen molar-refractivity contribution in [2.24, 2.45) is 0 Å². The lowest BCUT2D eigenvalue weighted by Gasteiger charge is -2.04. The van der Waals surface area contributed by atoms with E-state index in [1.54, 1.807) is 24.5 Å². The number of aromatic amines is 1. The number of nitrogens with two attached hydrogens (primary N) is 1. The van der Waals surface area contributed by atoms with Gasteiger partial charge in [0, 0.05) is 12.4 Å². The lowest BCUT2D eigenvalue weighted by Crippen LogP contribution is -2.04. The number of H-pyrrole nitrogens is 1. The summed E-state index contributed by atoms with van der Waals surface area (Å²) in [6.07, 6.45) is 3.42. The van der Waals surface area contributed by atoms with Gasteiger partial charge in [-0.1, -0.05) is 0 Å². The van der Waals surface area contributed by atoms with Gasteiger partial charge in [-0.05, 0) is 12.1 Å². The molecule has 0 amide bonds. The second-order valence-electron chi connectivity index (χ2n) is 3.14. The molecule has 0 saturated carbocycles. The Morgan fingerprint density at radius 3 is 3.06 bits per heavy atom. The molecular weight excluding hydrogens is 204 g/mol. The SMILES string of the molecule is N#Cc1nc(NCc2ncc[nH]2)ccc1N. The molecule has 0 radical (unpaired) electrons. The summed E-state index contributed by atoms with van der Waals surface area (Å²) in [6.45, 7) is 0.523. The maximum Gasteiger partial charge on any atom is 0.165 e. The van der Waals surface area contributed by atoms with Crippen LogP contribution in [0.5, 0.6) is 0 Å². The highest BCUT2D eigenvalue weighted by Crippen LogP contribution is 2.12. The van der Waals surface area contributed by atoms with Crippen molar-refractivity contribution >= 4 is 11.5 Å². The van der Waals surface area contributed by atoms with Gasteiger partial charge in [-0.15, -0.1) is 0 Å². The number of nitrogens with zero attached hydrogens (tertiary/aromatic N) is 3. The van der Waals surface area contributed by atoms with Crippen molar-refractivity contribution in [1.29, 1.82) is 5.26 Å². The average molecular weight is 214 g/mol. The molecule has 0 unspecified atom stereocenters. The quantitative estimate of drug-likeness (QED) is 0.703. The number of anilines is 2. The van der Waals surface area contributed by atoms with Crippen LogP contribution in [0.2, 0.25) is 0 Å². The average Bonchev–Trinajstić information content (AvgIpc) is 2.81. The third-order valence-corrected chi connectivity index (χ3v) is 2.02. The first-order valence-corrected chi connectivity index (χ1v) is 4.68. The minimum atomic E-state index is 0.226. The molecule has 0 aromatic carbocycles. The molecule has 0 bridgehead atoms. The van der Waals surface area contributed by atoms with Crippen LogP contribution in [0.25, 0.3) is 0 Å². The lowest BCUT2D eigenvalue weighted by molar-refractivity contribution is 0.987. The van der Waals surface area contributed by atoms with Crippen LogP contribution in [-0.2, 0) is 6.54 Å². The van der Waals surface area contributed by atoms with Crippen LogP contribution in [0, 0.1) is 11.3 Å². The Morgan fingerprint density at radius 1 is 1.50 bits per heavy atom. The van der Waals surface area contributed by atoms with E-state index < -0.39 is 0 Å². The van der Waals surface area contributed by atoms with Gasteiger partial charge in [0.1, 0.15) is 17.7 Å². The number of aromatic nitrogens is 3. The number of nitrogens with one attached hydrogen (secondary N) is 2. The Labute approximate surface area is 92.1 Å². The maximum atomic E-state index is 8.76. The predicted octanol–water partition coefficient (Wildman–Crippen LogP) is 0.871. The van der Waals surface area contributed by atoms with Crippen molar-refractivity contribution < 1.29 is 0 Å².